The molecule has 0 radical (unpaired) electrons. The van der Waals surface area contributed by atoms with E-state index in [2.05, 4.69) is 5.32 Å². The van der Waals surface area contributed by atoms with Crippen molar-refractivity contribution in [3.05, 3.63) is 69.8 Å². The lowest BCUT2D eigenvalue weighted by atomic mass is 10.1. The Bertz CT molecular complexity index is 904. The van der Waals surface area contributed by atoms with E-state index in [1.807, 2.05) is 30.3 Å². The summed E-state index contributed by atoms with van der Waals surface area (Å²) in [5.41, 5.74) is 0.777. The molecule has 2 aromatic rings. The predicted octanol–water partition coefficient (Wildman–Crippen LogP) is 3.42. The van der Waals surface area contributed by atoms with Crippen molar-refractivity contribution >= 4 is 29.3 Å². The van der Waals surface area contributed by atoms with Crippen LogP contribution in [0.1, 0.15) is 28.8 Å². The zero-order valence-electron chi connectivity index (χ0n) is 16.2. The number of aryl methyl sites for hydroxylation is 1. The minimum Gasteiger partial charge on any atom is -0.353 e. The Balaban J connectivity index is 1.57. The van der Waals surface area contributed by atoms with E-state index < -0.39 is 11.0 Å². The van der Waals surface area contributed by atoms with Gasteiger partial charge in [0.05, 0.1) is 4.92 Å². The Morgan fingerprint density at radius 1 is 1.24 bits per heavy atom. The van der Waals surface area contributed by atoms with Gasteiger partial charge in [-0.25, -0.2) is 0 Å². The SMILES string of the molecule is Cc1cc(C(=O)N2CCCC2C(=O)NCCSc2ccccc2)ccc1[N+](=O)[O-]. The van der Waals surface area contributed by atoms with E-state index in [0.29, 0.717) is 30.6 Å². The summed E-state index contributed by atoms with van der Waals surface area (Å²) in [5.74, 6) is 0.334. The molecular formula is C21H23N3O4S. The Kier molecular flexibility index (Phi) is 6.87. The van der Waals surface area contributed by atoms with E-state index in [1.165, 1.54) is 18.2 Å². The highest BCUT2D eigenvalue weighted by Crippen LogP contribution is 2.24. The molecule has 3 rings (SSSR count). The molecule has 0 saturated carbocycles. The summed E-state index contributed by atoms with van der Waals surface area (Å²) in [7, 11) is 0. The smallest absolute Gasteiger partial charge is 0.272 e. The zero-order valence-corrected chi connectivity index (χ0v) is 17.0. The standard InChI is InChI=1S/C21H23N3O4S/c1-15-14-16(9-10-18(15)24(27)28)21(26)23-12-5-8-19(23)20(25)22-11-13-29-17-6-3-2-4-7-17/h2-4,6-7,9-10,14,19H,5,8,11-13H2,1H3,(H,22,25). The number of likely N-dealkylation sites (tertiary alicyclic amines) is 1. The first-order valence-corrected chi connectivity index (χ1v) is 10.5. The molecule has 2 aromatic carbocycles. The molecule has 1 aliphatic rings. The van der Waals surface area contributed by atoms with E-state index in [4.69, 9.17) is 0 Å². The number of benzene rings is 2. The number of nitrogens with one attached hydrogen (secondary N) is 1. The highest BCUT2D eigenvalue weighted by atomic mass is 32.2. The van der Waals surface area contributed by atoms with E-state index in [0.717, 1.165) is 17.1 Å². The fourth-order valence-corrected chi connectivity index (χ4v) is 4.21. The molecule has 8 heteroatoms. The molecular weight excluding hydrogens is 390 g/mol. The molecule has 7 nitrogen and oxygen atoms in total. The number of hydrogen-bond acceptors (Lipinski definition) is 5. The van der Waals surface area contributed by atoms with Crippen molar-refractivity contribution < 1.29 is 14.5 Å². The van der Waals surface area contributed by atoms with Gasteiger partial charge in [-0.3, -0.25) is 19.7 Å². The molecule has 1 unspecified atom stereocenters. The maximum absolute atomic E-state index is 12.9. The number of nitro benzene ring substituents is 1. The average Bonchev–Trinajstić information content (AvgIpc) is 3.21. The molecule has 1 fully saturated rings. The predicted molar refractivity (Wildman–Crippen MR) is 112 cm³/mol. The summed E-state index contributed by atoms with van der Waals surface area (Å²) in [6.07, 6.45) is 1.38. The monoisotopic (exact) mass is 413 g/mol. The number of nitro groups is 1. The van der Waals surface area contributed by atoms with Gasteiger partial charge in [0.1, 0.15) is 6.04 Å². The Labute approximate surface area is 173 Å². The molecule has 1 saturated heterocycles. The van der Waals surface area contributed by atoms with Crippen LogP contribution in [0.3, 0.4) is 0 Å². The molecule has 152 valence electrons. The Morgan fingerprint density at radius 2 is 2.00 bits per heavy atom. The van der Waals surface area contributed by atoms with E-state index in [-0.39, 0.29) is 17.5 Å². The van der Waals surface area contributed by atoms with Crippen molar-refractivity contribution in [2.45, 2.75) is 30.7 Å². The summed E-state index contributed by atoms with van der Waals surface area (Å²) < 4.78 is 0. The van der Waals surface area contributed by atoms with Crippen LogP contribution in [0, 0.1) is 17.0 Å². The van der Waals surface area contributed by atoms with Gasteiger partial charge in [0.25, 0.3) is 11.6 Å². The first-order valence-electron chi connectivity index (χ1n) is 9.49. The van der Waals surface area contributed by atoms with Gasteiger partial charge in [-0.05, 0) is 44.0 Å². The largest absolute Gasteiger partial charge is 0.353 e. The van der Waals surface area contributed by atoms with Gasteiger partial charge in [0, 0.05) is 40.9 Å². The fourth-order valence-electron chi connectivity index (χ4n) is 3.42. The minimum absolute atomic E-state index is 0.0202. The molecule has 0 bridgehead atoms. The van der Waals surface area contributed by atoms with Gasteiger partial charge >= 0.3 is 0 Å². The maximum atomic E-state index is 12.9. The lowest BCUT2D eigenvalue weighted by Gasteiger charge is -2.24. The molecule has 1 N–H and O–H groups in total. The van der Waals surface area contributed by atoms with Crippen molar-refractivity contribution in [1.29, 1.82) is 0 Å². The summed E-state index contributed by atoms with van der Waals surface area (Å²) in [6.45, 7) is 2.63. The quantitative estimate of drug-likeness (QED) is 0.325. The minimum atomic E-state index is -0.500. The second-order valence-corrected chi connectivity index (χ2v) is 8.04. The van der Waals surface area contributed by atoms with Gasteiger partial charge in [-0.1, -0.05) is 18.2 Å². The van der Waals surface area contributed by atoms with Gasteiger partial charge < -0.3 is 10.2 Å². The topological polar surface area (TPSA) is 92.6 Å². The third-order valence-corrected chi connectivity index (χ3v) is 5.88. The average molecular weight is 413 g/mol. The zero-order chi connectivity index (χ0) is 20.8. The Morgan fingerprint density at radius 3 is 2.69 bits per heavy atom. The molecule has 1 atom stereocenters. The van der Waals surface area contributed by atoms with Crippen molar-refractivity contribution in [3.8, 4) is 0 Å². The molecule has 0 aromatic heterocycles. The maximum Gasteiger partial charge on any atom is 0.272 e. The number of thioether (sulfide) groups is 1. The lowest BCUT2D eigenvalue weighted by Crippen LogP contribution is -2.46. The molecule has 0 spiro atoms. The fraction of sp³-hybridized carbons (Fsp3) is 0.333. The normalized spacial score (nSPS) is 15.9. The highest BCUT2D eigenvalue weighted by molar-refractivity contribution is 7.99. The molecule has 1 heterocycles. The van der Waals surface area contributed by atoms with Crippen molar-refractivity contribution in [2.75, 3.05) is 18.8 Å². The lowest BCUT2D eigenvalue weighted by molar-refractivity contribution is -0.385. The number of hydrogen-bond donors (Lipinski definition) is 1. The number of amides is 2. The number of nitrogens with zero attached hydrogens (tertiary/aromatic N) is 2. The van der Waals surface area contributed by atoms with Gasteiger partial charge in [-0.2, -0.15) is 0 Å². The van der Waals surface area contributed by atoms with E-state index in [1.54, 1.807) is 23.6 Å². The van der Waals surface area contributed by atoms with Gasteiger partial charge in [0.15, 0.2) is 0 Å². The third kappa shape index (κ3) is 5.14. The summed E-state index contributed by atoms with van der Waals surface area (Å²) in [4.78, 5) is 38.7. The van der Waals surface area contributed by atoms with Crippen molar-refractivity contribution in [1.82, 2.24) is 10.2 Å². The first-order chi connectivity index (χ1) is 14.0. The van der Waals surface area contributed by atoms with E-state index >= 15 is 0 Å². The van der Waals surface area contributed by atoms with Crippen LogP contribution in [0.4, 0.5) is 5.69 Å². The Hall–Kier alpha value is -2.87. The highest BCUT2D eigenvalue weighted by Gasteiger charge is 2.34. The molecule has 1 aliphatic heterocycles. The van der Waals surface area contributed by atoms with Crippen LogP contribution in [0.2, 0.25) is 0 Å². The molecule has 0 aliphatic carbocycles. The summed E-state index contributed by atoms with van der Waals surface area (Å²) in [5, 5.41) is 13.9. The van der Waals surface area contributed by atoms with Crippen LogP contribution in [0.25, 0.3) is 0 Å². The van der Waals surface area contributed by atoms with Crippen LogP contribution >= 0.6 is 11.8 Å². The second kappa shape index (κ2) is 9.56. The van der Waals surface area contributed by atoms with E-state index in [9.17, 15) is 19.7 Å². The van der Waals surface area contributed by atoms with Crippen LogP contribution in [0.15, 0.2) is 53.4 Å². The first kappa shape index (κ1) is 20.9. The van der Waals surface area contributed by atoms with Crippen LogP contribution in [-0.4, -0.2) is 46.5 Å². The number of carbonyl (C=O) groups excluding carboxylic acids is 2. The molecule has 2 amide bonds. The van der Waals surface area contributed by atoms with Crippen molar-refractivity contribution in [2.24, 2.45) is 0 Å². The second-order valence-electron chi connectivity index (χ2n) is 6.87. The summed E-state index contributed by atoms with van der Waals surface area (Å²) >= 11 is 1.66. The van der Waals surface area contributed by atoms with Crippen LogP contribution < -0.4 is 5.32 Å². The van der Waals surface area contributed by atoms with Gasteiger partial charge in [0.2, 0.25) is 5.91 Å². The summed E-state index contributed by atoms with van der Waals surface area (Å²) in [6, 6.07) is 13.8. The van der Waals surface area contributed by atoms with Gasteiger partial charge in [-0.15, -0.1) is 11.8 Å². The number of rotatable bonds is 7. The molecule has 29 heavy (non-hydrogen) atoms. The van der Waals surface area contributed by atoms with Crippen molar-refractivity contribution in [3.63, 3.8) is 0 Å². The number of carbonyl (C=O) groups is 2. The third-order valence-electron chi connectivity index (χ3n) is 4.87. The van der Waals surface area contributed by atoms with Crippen LogP contribution in [-0.2, 0) is 4.79 Å². The van der Waals surface area contributed by atoms with Crippen LogP contribution in [0.5, 0.6) is 0 Å².